The van der Waals surface area contributed by atoms with Gasteiger partial charge in [-0.2, -0.15) is 0 Å². The minimum Gasteiger partial charge on any atom is -0.507 e. The van der Waals surface area contributed by atoms with Crippen LogP contribution in [0.15, 0.2) is 34.9 Å². The molecule has 4 rings (SSSR count). The van der Waals surface area contributed by atoms with Gasteiger partial charge in [-0.25, -0.2) is 0 Å². The summed E-state index contributed by atoms with van der Waals surface area (Å²) < 4.78 is 0. The van der Waals surface area contributed by atoms with Crippen molar-refractivity contribution in [2.75, 3.05) is 0 Å². The number of allylic oxidation sites excluding steroid dienone is 3. The molecule has 0 amide bonds. The molecule has 0 heterocycles. The topological polar surface area (TPSA) is 112 Å². The lowest BCUT2D eigenvalue weighted by Crippen LogP contribution is -2.61. The minimum absolute atomic E-state index is 0.0293. The summed E-state index contributed by atoms with van der Waals surface area (Å²) in [5, 5.41) is 33.2. The number of phenols is 1. The number of ketones is 3. The monoisotopic (exact) mass is 464 g/mol. The normalized spacial score (nSPS) is 27.1. The van der Waals surface area contributed by atoms with Crippen molar-refractivity contribution >= 4 is 28.7 Å². The van der Waals surface area contributed by atoms with E-state index in [2.05, 4.69) is 19.9 Å². The van der Waals surface area contributed by atoms with Crippen LogP contribution in [-0.2, 0) is 20.8 Å². The SMILES string of the molecule is CC(=O)C1=C(C)C[C@H]2C[C@H]3Cc4c(/C(C)=C\CC(C)C)ccc(O)c4C(O)=C3C(=O)[C@@]2(O)C1=O. The molecule has 3 aliphatic rings. The zero-order chi connectivity index (χ0) is 25.1. The van der Waals surface area contributed by atoms with Crippen LogP contribution in [0, 0.1) is 17.8 Å². The van der Waals surface area contributed by atoms with Gasteiger partial charge in [0.15, 0.2) is 11.4 Å². The quantitative estimate of drug-likeness (QED) is 0.447. The Bertz CT molecular complexity index is 1210. The summed E-state index contributed by atoms with van der Waals surface area (Å²) in [6, 6.07) is 3.32. The molecule has 0 aliphatic heterocycles. The summed E-state index contributed by atoms with van der Waals surface area (Å²) in [5.41, 5.74) is 0.923. The molecule has 6 nitrogen and oxygen atoms in total. The molecule has 1 aromatic rings. The van der Waals surface area contributed by atoms with Crippen LogP contribution in [-0.4, -0.2) is 38.3 Å². The summed E-state index contributed by atoms with van der Waals surface area (Å²) in [5.74, 6) is -3.35. The third-order valence-electron chi connectivity index (χ3n) is 7.62. The summed E-state index contributed by atoms with van der Waals surface area (Å²) >= 11 is 0. The number of phenolic OH excluding ortho intramolecular Hbond substituents is 1. The van der Waals surface area contributed by atoms with Crippen molar-refractivity contribution in [3.05, 3.63) is 51.6 Å². The van der Waals surface area contributed by atoms with E-state index in [-0.39, 0.29) is 34.6 Å². The number of benzene rings is 1. The number of carbonyl (C=O) groups is 3. The molecule has 3 atom stereocenters. The fraction of sp³-hybridized carbons (Fsp3) is 0.464. The molecular weight excluding hydrogens is 432 g/mol. The molecule has 0 saturated heterocycles. The van der Waals surface area contributed by atoms with Crippen molar-refractivity contribution in [2.45, 2.75) is 65.9 Å². The molecule has 0 unspecified atom stereocenters. The third-order valence-corrected chi connectivity index (χ3v) is 7.62. The Morgan fingerprint density at radius 1 is 1.15 bits per heavy atom. The number of Topliss-reactive ketones (excluding diaryl/α,β-unsaturated/α-hetero) is 3. The van der Waals surface area contributed by atoms with Gasteiger partial charge in [-0.1, -0.05) is 31.6 Å². The fourth-order valence-electron chi connectivity index (χ4n) is 5.91. The number of fused-ring (bicyclic) bond motifs is 3. The van der Waals surface area contributed by atoms with Crippen molar-refractivity contribution in [2.24, 2.45) is 17.8 Å². The summed E-state index contributed by atoms with van der Waals surface area (Å²) in [6.45, 7) is 9.19. The van der Waals surface area contributed by atoms with E-state index >= 15 is 0 Å². The predicted molar refractivity (Wildman–Crippen MR) is 129 cm³/mol. The van der Waals surface area contributed by atoms with E-state index in [0.717, 1.165) is 23.1 Å². The van der Waals surface area contributed by atoms with Gasteiger partial charge in [0, 0.05) is 11.5 Å². The second kappa shape index (κ2) is 8.35. The van der Waals surface area contributed by atoms with Gasteiger partial charge in [-0.05, 0) is 81.1 Å². The Morgan fingerprint density at radius 3 is 2.44 bits per heavy atom. The van der Waals surface area contributed by atoms with Crippen LogP contribution in [0.1, 0.15) is 70.6 Å². The third kappa shape index (κ3) is 3.47. The van der Waals surface area contributed by atoms with E-state index in [1.807, 2.05) is 13.0 Å². The summed E-state index contributed by atoms with van der Waals surface area (Å²) in [7, 11) is 0. The number of rotatable bonds is 4. The second-order valence-corrected chi connectivity index (χ2v) is 10.4. The van der Waals surface area contributed by atoms with Gasteiger partial charge in [-0.3, -0.25) is 14.4 Å². The molecule has 6 heteroatoms. The van der Waals surface area contributed by atoms with Crippen LogP contribution in [0.3, 0.4) is 0 Å². The Kier molecular flexibility index (Phi) is 5.93. The van der Waals surface area contributed by atoms with E-state index in [4.69, 9.17) is 0 Å². The van der Waals surface area contributed by atoms with Gasteiger partial charge < -0.3 is 15.3 Å². The maximum Gasteiger partial charge on any atom is 0.206 e. The van der Waals surface area contributed by atoms with Gasteiger partial charge in [-0.15, -0.1) is 0 Å². The fourth-order valence-corrected chi connectivity index (χ4v) is 5.91. The largest absolute Gasteiger partial charge is 0.507 e. The molecule has 1 aromatic carbocycles. The van der Waals surface area contributed by atoms with Gasteiger partial charge in [0.25, 0.3) is 0 Å². The van der Waals surface area contributed by atoms with E-state index in [0.29, 0.717) is 24.3 Å². The maximum absolute atomic E-state index is 13.6. The predicted octanol–water partition coefficient (Wildman–Crippen LogP) is 4.48. The van der Waals surface area contributed by atoms with Gasteiger partial charge >= 0.3 is 0 Å². The van der Waals surface area contributed by atoms with Crippen molar-refractivity contribution in [3.63, 3.8) is 0 Å². The van der Waals surface area contributed by atoms with E-state index in [1.165, 1.54) is 13.0 Å². The number of aromatic hydroxyl groups is 1. The first kappa shape index (κ1) is 24.1. The Morgan fingerprint density at radius 2 is 1.82 bits per heavy atom. The highest BCUT2D eigenvalue weighted by Gasteiger charge is 2.60. The second-order valence-electron chi connectivity index (χ2n) is 10.4. The molecule has 3 aliphatic carbocycles. The van der Waals surface area contributed by atoms with Crippen LogP contribution >= 0.6 is 0 Å². The molecule has 0 aromatic heterocycles. The van der Waals surface area contributed by atoms with Gasteiger partial charge in [0.2, 0.25) is 11.6 Å². The lowest BCUT2D eigenvalue weighted by molar-refractivity contribution is -0.157. The first-order chi connectivity index (χ1) is 15.9. The average Bonchev–Trinajstić information content (AvgIpc) is 2.74. The highest BCUT2D eigenvalue weighted by Crippen LogP contribution is 2.52. The van der Waals surface area contributed by atoms with E-state index in [1.54, 1.807) is 6.92 Å². The van der Waals surface area contributed by atoms with Crippen LogP contribution in [0.4, 0.5) is 0 Å². The Labute approximate surface area is 199 Å². The minimum atomic E-state index is -2.38. The van der Waals surface area contributed by atoms with Crippen LogP contribution in [0.2, 0.25) is 0 Å². The van der Waals surface area contributed by atoms with E-state index in [9.17, 15) is 29.7 Å². The van der Waals surface area contributed by atoms with Gasteiger partial charge in [0.1, 0.15) is 11.5 Å². The van der Waals surface area contributed by atoms with Crippen molar-refractivity contribution < 1.29 is 29.7 Å². The molecule has 180 valence electrons. The molecule has 3 N–H and O–H groups in total. The Balaban J connectivity index is 1.86. The van der Waals surface area contributed by atoms with Gasteiger partial charge in [0.05, 0.1) is 11.1 Å². The lowest BCUT2D eigenvalue weighted by atomic mass is 9.57. The molecule has 0 radical (unpaired) electrons. The zero-order valence-corrected chi connectivity index (χ0v) is 20.4. The standard InChI is InChI=1S/C28H32O6/c1-13(2)6-7-14(3)19-8-9-21(30)24-20(19)12-17-11-18-10-15(4)22(16(5)29)26(32)28(18,34)27(33)23(17)25(24)31/h7-9,13,17-18,30-31,34H,6,10-12H2,1-5H3/b14-7-/t17-,18-,28-/m0/s1. The number of aliphatic hydroxyl groups is 2. The smallest absolute Gasteiger partial charge is 0.206 e. The highest BCUT2D eigenvalue weighted by molar-refractivity contribution is 6.33. The number of carbonyl (C=O) groups excluding carboxylic acids is 3. The molecule has 1 saturated carbocycles. The summed E-state index contributed by atoms with van der Waals surface area (Å²) in [6.07, 6.45) is 4.01. The van der Waals surface area contributed by atoms with E-state index < -0.39 is 34.8 Å². The molecular formula is C28H32O6. The van der Waals surface area contributed by atoms with Crippen molar-refractivity contribution in [1.29, 1.82) is 0 Å². The lowest BCUT2D eigenvalue weighted by Gasteiger charge is -2.46. The number of hydrogen-bond donors (Lipinski definition) is 3. The summed E-state index contributed by atoms with van der Waals surface area (Å²) in [4.78, 5) is 38.9. The van der Waals surface area contributed by atoms with Crippen molar-refractivity contribution in [3.8, 4) is 5.75 Å². The number of aliphatic hydroxyl groups excluding tert-OH is 1. The van der Waals surface area contributed by atoms with Crippen LogP contribution in [0.5, 0.6) is 5.75 Å². The van der Waals surface area contributed by atoms with Crippen molar-refractivity contribution in [1.82, 2.24) is 0 Å². The zero-order valence-electron chi connectivity index (χ0n) is 20.4. The molecule has 0 spiro atoms. The molecule has 0 bridgehead atoms. The maximum atomic E-state index is 13.6. The molecule has 1 fully saturated rings. The average molecular weight is 465 g/mol. The number of hydrogen-bond acceptors (Lipinski definition) is 6. The first-order valence-corrected chi connectivity index (χ1v) is 11.9. The Hall–Kier alpha value is -2.99. The molecule has 34 heavy (non-hydrogen) atoms. The first-order valence-electron chi connectivity index (χ1n) is 11.9. The highest BCUT2D eigenvalue weighted by atomic mass is 16.3. The van der Waals surface area contributed by atoms with Crippen LogP contribution in [0.25, 0.3) is 11.3 Å². The van der Waals surface area contributed by atoms with Crippen LogP contribution < -0.4 is 0 Å².